The highest BCUT2D eigenvalue weighted by atomic mass is 35.5. The molecule has 3 nitrogen and oxygen atoms in total. The molecule has 0 amide bonds. The molecule has 0 saturated heterocycles. The predicted molar refractivity (Wildman–Crippen MR) is 116 cm³/mol. The van der Waals surface area contributed by atoms with Crippen molar-refractivity contribution < 1.29 is 9.47 Å². The van der Waals surface area contributed by atoms with Crippen molar-refractivity contribution in [3.8, 4) is 16.9 Å². The number of benzene rings is 3. The van der Waals surface area contributed by atoms with E-state index in [1.807, 2.05) is 24.4 Å². The van der Waals surface area contributed by atoms with Gasteiger partial charge in [0.1, 0.15) is 11.9 Å². The maximum atomic E-state index is 5.95. The van der Waals surface area contributed by atoms with Crippen molar-refractivity contribution in [1.29, 1.82) is 0 Å². The minimum Gasteiger partial charge on any atom is -0.497 e. The van der Waals surface area contributed by atoms with E-state index in [-0.39, 0.29) is 18.5 Å². The zero-order chi connectivity index (χ0) is 18.6. The van der Waals surface area contributed by atoms with Crippen molar-refractivity contribution in [3.63, 3.8) is 0 Å². The predicted octanol–water partition coefficient (Wildman–Crippen LogP) is 6.07. The van der Waals surface area contributed by atoms with Crippen molar-refractivity contribution in [3.05, 3.63) is 96.3 Å². The molecule has 1 unspecified atom stereocenters. The van der Waals surface area contributed by atoms with E-state index in [0.29, 0.717) is 0 Å². The van der Waals surface area contributed by atoms with Gasteiger partial charge in [0, 0.05) is 25.1 Å². The first-order chi connectivity index (χ1) is 13.3. The number of pyridine rings is 1. The van der Waals surface area contributed by atoms with Gasteiger partial charge in [-0.2, -0.15) is 0 Å². The Morgan fingerprint density at radius 3 is 2.14 bits per heavy atom. The van der Waals surface area contributed by atoms with E-state index < -0.39 is 0 Å². The van der Waals surface area contributed by atoms with Gasteiger partial charge in [0.05, 0.1) is 7.11 Å². The van der Waals surface area contributed by atoms with Crippen LogP contribution in [0.2, 0.25) is 0 Å². The number of aromatic nitrogens is 1. The van der Waals surface area contributed by atoms with E-state index in [0.717, 1.165) is 28.0 Å². The van der Waals surface area contributed by atoms with Gasteiger partial charge in [-0.15, -0.1) is 12.4 Å². The van der Waals surface area contributed by atoms with Gasteiger partial charge < -0.3 is 9.47 Å². The number of nitrogens with zero attached hydrogens (tertiary/aromatic N) is 1. The van der Waals surface area contributed by atoms with E-state index in [9.17, 15) is 0 Å². The molecule has 1 aromatic heterocycles. The maximum absolute atomic E-state index is 5.95. The highest BCUT2D eigenvalue weighted by Gasteiger charge is 2.19. The summed E-state index contributed by atoms with van der Waals surface area (Å²) in [4.78, 5) is 4.31. The lowest BCUT2D eigenvalue weighted by molar-refractivity contribution is 0.137. The molecule has 0 aliphatic carbocycles. The number of rotatable bonds is 5. The first kappa shape index (κ1) is 19.9. The van der Waals surface area contributed by atoms with Crippen LogP contribution in [0.15, 0.2) is 85.2 Å². The van der Waals surface area contributed by atoms with Gasteiger partial charge in [0.15, 0.2) is 0 Å². The third kappa shape index (κ3) is 3.86. The fraction of sp³-hybridized carbons (Fsp3) is 0.125. The van der Waals surface area contributed by atoms with Gasteiger partial charge in [-0.1, -0.05) is 42.5 Å². The van der Waals surface area contributed by atoms with Crippen LogP contribution in [0.25, 0.3) is 21.9 Å². The Balaban J connectivity index is 0.00000225. The average Bonchev–Trinajstić information content (AvgIpc) is 2.75. The van der Waals surface area contributed by atoms with Crippen LogP contribution in [-0.2, 0) is 4.74 Å². The second kappa shape index (κ2) is 8.87. The SMILES string of the molecule is COc1ccc(C(OC)c2cc3ccccc3cc2-c2cccnc2)cc1.Cl. The molecular weight excluding hydrogens is 370 g/mol. The van der Waals surface area contributed by atoms with Gasteiger partial charge in [0.2, 0.25) is 0 Å². The highest BCUT2D eigenvalue weighted by molar-refractivity contribution is 5.89. The summed E-state index contributed by atoms with van der Waals surface area (Å²) >= 11 is 0. The van der Waals surface area contributed by atoms with Crippen LogP contribution >= 0.6 is 12.4 Å². The van der Waals surface area contributed by atoms with Crippen LogP contribution in [0.4, 0.5) is 0 Å². The van der Waals surface area contributed by atoms with Gasteiger partial charge in [-0.25, -0.2) is 0 Å². The zero-order valence-corrected chi connectivity index (χ0v) is 16.6. The molecule has 0 aliphatic rings. The number of ether oxygens (including phenoxy) is 2. The minimum atomic E-state index is -0.185. The second-order valence-electron chi connectivity index (χ2n) is 6.42. The molecule has 1 atom stereocenters. The fourth-order valence-corrected chi connectivity index (χ4v) is 3.47. The Morgan fingerprint density at radius 2 is 1.54 bits per heavy atom. The van der Waals surface area contributed by atoms with Gasteiger partial charge in [0.25, 0.3) is 0 Å². The van der Waals surface area contributed by atoms with Crippen LogP contribution < -0.4 is 4.74 Å². The first-order valence-corrected chi connectivity index (χ1v) is 8.90. The standard InChI is InChI=1S/C24H21NO2.ClH/c1-26-21-11-9-17(10-12-21)24(27-2)23-15-19-7-4-3-6-18(19)14-22(23)20-8-5-13-25-16-20;/h3-16,24H,1-2H3;1H. The van der Waals surface area contributed by atoms with Crippen molar-refractivity contribution in [1.82, 2.24) is 4.98 Å². The number of hydrogen-bond acceptors (Lipinski definition) is 3. The van der Waals surface area contributed by atoms with Gasteiger partial charge in [-0.3, -0.25) is 4.98 Å². The summed E-state index contributed by atoms with van der Waals surface area (Å²) in [7, 11) is 3.42. The molecule has 1 heterocycles. The summed E-state index contributed by atoms with van der Waals surface area (Å²) in [6, 6.07) is 24.9. The molecule has 0 spiro atoms. The second-order valence-corrected chi connectivity index (χ2v) is 6.42. The summed E-state index contributed by atoms with van der Waals surface area (Å²) in [6.07, 6.45) is 3.51. The number of fused-ring (bicyclic) bond motifs is 1. The van der Waals surface area contributed by atoms with Crippen molar-refractivity contribution >= 4 is 23.2 Å². The molecule has 4 heteroatoms. The van der Waals surface area contributed by atoms with E-state index in [1.54, 1.807) is 20.4 Å². The molecule has 3 aromatic carbocycles. The Morgan fingerprint density at radius 1 is 0.821 bits per heavy atom. The molecule has 4 rings (SSSR count). The monoisotopic (exact) mass is 391 g/mol. The van der Waals surface area contributed by atoms with Crippen LogP contribution in [0, 0.1) is 0 Å². The van der Waals surface area contributed by atoms with Crippen molar-refractivity contribution in [2.75, 3.05) is 14.2 Å². The molecule has 0 bridgehead atoms. The molecule has 0 radical (unpaired) electrons. The van der Waals surface area contributed by atoms with Crippen LogP contribution in [0.5, 0.6) is 5.75 Å². The third-order valence-corrected chi connectivity index (χ3v) is 4.83. The Hall–Kier alpha value is -2.88. The van der Waals surface area contributed by atoms with Crippen LogP contribution in [-0.4, -0.2) is 19.2 Å². The minimum absolute atomic E-state index is 0. The van der Waals surface area contributed by atoms with Crippen molar-refractivity contribution in [2.45, 2.75) is 6.10 Å². The van der Waals surface area contributed by atoms with Crippen molar-refractivity contribution in [2.24, 2.45) is 0 Å². The summed E-state index contributed by atoms with van der Waals surface area (Å²) in [5.41, 5.74) is 4.41. The van der Waals surface area contributed by atoms with Crippen LogP contribution in [0.3, 0.4) is 0 Å². The van der Waals surface area contributed by atoms with E-state index in [2.05, 4.69) is 59.6 Å². The van der Waals surface area contributed by atoms with E-state index in [4.69, 9.17) is 9.47 Å². The van der Waals surface area contributed by atoms with Gasteiger partial charge >= 0.3 is 0 Å². The first-order valence-electron chi connectivity index (χ1n) is 8.90. The molecule has 0 N–H and O–H groups in total. The third-order valence-electron chi connectivity index (χ3n) is 4.83. The topological polar surface area (TPSA) is 31.4 Å². The molecule has 142 valence electrons. The lowest BCUT2D eigenvalue weighted by Gasteiger charge is -2.21. The van der Waals surface area contributed by atoms with E-state index in [1.165, 1.54) is 10.8 Å². The molecule has 4 aromatic rings. The Labute approximate surface area is 171 Å². The maximum Gasteiger partial charge on any atom is 0.118 e. The quantitative estimate of drug-likeness (QED) is 0.414. The van der Waals surface area contributed by atoms with Crippen LogP contribution in [0.1, 0.15) is 17.2 Å². The lowest BCUT2D eigenvalue weighted by atomic mass is 9.90. The number of halogens is 1. The number of methoxy groups -OCH3 is 2. The largest absolute Gasteiger partial charge is 0.497 e. The molecular formula is C24H22ClNO2. The summed E-state index contributed by atoms with van der Waals surface area (Å²) < 4.78 is 11.2. The van der Waals surface area contributed by atoms with Gasteiger partial charge in [-0.05, 0) is 57.8 Å². The van der Waals surface area contributed by atoms with E-state index >= 15 is 0 Å². The lowest BCUT2D eigenvalue weighted by Crippen LogP contribution is -2.06. The smallest absolute Gasteiger partial charge is 0.118 e. The average molecular weight is 392 g/mol. The molecule has 0 fully saturated rings. The summed E-state index contributed by atoms with van der Waals surface area (Å²) in [5.74, 6) is 0.833. The fourth-order valence-electron chi connectivity index (χ4n) is 3.47. The summed E-state index contributed by atoms with van der Waals surface area (Å²) in [6.45, 7) is 0. The normalized spacial score (nSPS) is 11.6. The number of hydrogen-bond donors (Lipinski definition) is 0. The molecule has 0 aliphatic heterocycles. The molecule has 0 saturated carbocycles. The Bertz CT molecular complexity index is 1050. The zero-order valence-electron chi connectivity index (χ0n) is 15.8. The highest BCUT2D eigenvalue weighted by Crippen LogP contribution is 2.37. The summed E-state index contributed by atoms with van der Waals surface area (Å²) in [5, 5.41) is 2.39. The molecule has 28 heavy (non-hydrogen) atoms. The Kier molecular flexibility index (Phi) is 6.30.